The number of furan rings is 1. The minimum absolute atomic E-state index is 0.224. The maximum absolute atomic E-state index is 6.33. The van der Waals surface area contributed by atoms with Gasteiger partial charge in [-0.15, -0.1) is 0 Å². The normalized spacial score (nSPS) is 11.3. The highest BCUT2D eigenvalue weighted by atomic mass is 35.5. The molecule has 4 heteroatoms. The molecule has 32 heavy (non-hydrogen) atoms. The molecule has 6 rings (SSSR count). The molecule has 0 saturated heterocycles. The third-order valence-electron chi connectivity index (χ3n) is 5.66. The summed E-state index contributed by atoms with van der Waals surface area (Å²) in [6.45, 7) is 0. The fourth-order valence-corrected chi connectivity index (χ4v) is 4.25. The van der Waals surface area contributed by atoms with E-state index < -0.39 is 0 Å². The molecule has 152 valence electrons. The van der Waals surface area contributed by atoms with Gasteiger partial charge in [0.25, 0.3) is 0 Å². The third-order valence-corrected chi connectivity index (χ3v) is 5.83. The molecule has 0 aliphatic carbocycles. The second-order valence-electron chi connectivity index (χ2n) is 7.66. The predicted molar refractivity (Wildman–Crippen MR) is 131 cm³/mol. The van der Waals surface area contributed by atoms with Gasteiger partial charge in [0.1, 0.15) is 11.2 Å². The highest BCUT2D eigenvalue weighted by Crippen LogP contribution is 2.33. The molecule has 0 aliphatic rings. The largest absolute Gasteiger partial charge is 0.456 e. The zero-order valence-electron chi connectivity index (χ0n) is 17.0. The molecule has 0 saturated carbocycles. The van der Waals surface area contributed by atoms with Crippen LogP contribution < -0.4 is 0 Å². The number of hydrogen-bond donors (Lipinski definition) is 0. The summed E-state index contributed by atoms with van der Waals surface area (Å²) in [6, 6.07) is 34.7. The van der Waals surface area contributed by atoms with E-state index >= 15 is 0 Å². The fraction of sp³-hybridized carbons (Fsp3) is 0. The molecule has 6 aromatic rings. The lowest BCUT2D eigenvalue weighted by Crippen LogP contribution is -1.92. The number of aromatic nitrogens is 2. The SMILES string of the molecule is Clc1nc(-c2ccc(-c3ccccc3)cc2)cc(-c2ccc3oc4ccccc4c3c2)n1. The first-order valence-electron chi connectivity index (χ1n) is 10.4. The Bertz CT molecular complexity index is 1570. The maximum atomic E-state index is 6.33. The van der Waals surface area contributed by atoms with Gasteiger partial charge in [-0.05, 0) is 53.1 Å². The van der Waals surface area contributed by atoms with Crippen LogP contribution in [0.4, 0.5) is 0 Å². The Morgan fingerprint density at radius 3 is 1.91 bits per heavy atom. The molecule has 3 nitrogen and oxygen atoms in total. The Hall–Kier alpha value is -3.95. The lowest BCUT2D eigenvalue weighted by molar-refractivity contribution is 0.669. The summed E-state index contributed by atoms with van der Waals surface area (Å²) < 4.78 is 5.95. The van der Waals surface area contributed by atoms with Crippen LogP contribution >= 0.6 is 11.6 Å². The Kier molecular flexibility index (Phi) is 4.48. The summed E-state index contributed by atoms with van der Waals surface area (Å²) in [5, 5.41) is 2.37. The van der Waals surface area contributed by atoms with Crippen LogP contribution in [0.3, 0.4) is 0 Å². The van der Waals surface area contributed by atoms with Crippen LogP contribution in [0.25, 0.3) is 55.6 Å². The number of benzene rings is 4. The molecule has 0 N–H and O–H groups in total. The first-order valence-corrected chi connectivity index (χ1v) is 10.7. The van der Waals surface area contributed by atoms with Gasteiger partial charge in [-0.3, -0.25) is 0 Å². The minimum atomic E-state index is 0.224. The first-order chi connectivity index (χ1) is 15.7. The van der Waals surface area contributed by atoms with Crippen molar-refractivity contribution in [2.45, 2.75) is 0 Å². The van der Waals surface area contributed by atoms with E-state index in [1.807, 2.05) is 54.6 Å². The molecule has 0 aliphatic heterocycles. The Labute approximate surface area is 190 Å². The molecule has 0 fully saturated rings. The number of halogens is 1. The van der Waals surface area contributed by atoms with Gasteiger partial charge in [-0.2, -0.15) is 0 Å². The van der Waals surface area contributed by atoms with E-state index in [4.69, 9.17) is 16.0 Å². The van der Waals surface area contributed by atoms with E-state index in [1.165, 1.54) is 5.56 Å². The average Bonchev–Trinajstić information content (AvgIpc) is 3.22. The second kappa shape index (κ2) is 7.63. The van der Waals surface area contributed by atoms with Crippen LogP contribution in [0.15, 0.2) is 108 Å². The lowest BCUT2D eigenvalue weighted by Gasteiger charge is -2.07. The Morgan fingerprint density at radius 1 is 0.500 bits per heavy atom. The van der Waals surface area contributed by atoms with Gasteiger partial charge in [0.05, 0.1) is 11.4 Å². The summed E-state index contributed by atoms with van der Waals surface area (Å²) in [7, 11) is 0. The van der Waals surface area contributed by atoms with Gasteiger partial charge in [-0.25, -0.2) is 9.97 Å². The Balaban J connectivity index is 1.42. The number of fused-ring (bicyclic) bond motifs is 3. The molecule has 0 spiro atoms. The van der Waals surface area contributed by atoms with Crippen LogP contribution in [0, 0.1) is 0 Å². The van der Waals surface area contributed by atoms with Gasteiger partial charge in [0.2, 0.25) is 5.28 Å². The van der Waals surface area contributed by atoms with Crippen LogP contribution in [-0.2, 0) is 0 Å². The summed E-state index contributed by atoms with van der Waals surface area (Å²) in [6.07, 6.45) is 0. The van der Waals surface area contributed by atoms with Gasteiger partial charge >= 0.3 is 0 Å². The van der Waals surface area contributed by atoms with E-state index in [1.54, 1.807) is 0 Å². The quantitative estimate of drug-likeness (QED) is 0.266. The fourth-order valence-electron chi connectivity index (χ4n) is 4.06. The van der Waals surface area contributed by atoms with E-state index in [0.29, 0.717) is 0 Å². The van der Waals surface area contributed by atoms with Crippen LogP contribution in [0.1, 0.15) is 0 Å². The van der Waals surface area contributed by atoms with Crippen LogP contribution in [0.2, 0.25) is 5.28 Å². The molecular weight excluding hydrogens is 416 g/mol. The Morgan fingerprint density at radius 2 is 1.09 bits per heavy atom. The summed E-state index contributed by atoms with van der Waals surface area (Å²) in [4.78, 5) is 8.96. The molecule has 0 radical (unpaired) electrons. The van der Waals surface area contributed by atoms with E-state index in [9.17, 15) is 0 Å². The summed E-state index contributed by atoms with van der Waals surface area (Å²) in [5.41, 5.74) is 7.59. The molecule has 2 heterocycles. The molecule has 0 bridgehead atoms. The van der Waals surface area contributed by atoms with Gasteiger partial charge in [-0.1, -0.05) is 72.8 Å². The average molecular weight is 433 g/mol. The highest BCUT2D eigenvalue weighted by Gasteiger charge is 2.11. The smallest absolute Gasteiger partial charge is 0.223 e. The molecule has 2 aromatic heterocycles. The lowest BCUT2D eigenvalue weighted by atomic mass is 10.0. The van der Waals surface area contributed by atoms with Crippen LogP contribution in [0.5, 0.6) is 0 Å². The third kappa shape index (κ3) is 3.33. The van der Waals surface area contributed by atoms with Crippen molar-refractivity contribution in [2.24, 2.45) is 0 Å². The summed E-state index contributed by atoms with van der Waals surface area (Å²) in [5.74, 6) is 0. The monoisotopic (exact) mass is 432 g/mol. The van der Waals surface area contributed by atoms with E-state index in [-0.39, 0.29) is 5.28 Å². The minimum Gasteiger partial charge on any atom is -0.456 e. The van der Waals surface area contributed by atoms with Crippen molar-refractivity contribution in [1.29, 1.82) is 0 Å². The number of nitrogens with zero attached hydrogens (tertiary/aromatic N) is 2. The zero-order chi connectivity index (χ0) is 21.5. The number of hydrogen-bond acceptors (Lipinski definition) is 3. The van der Waals surface area contributed by atoms with Gasteiger partial charge in [0.15, 0.2) is 0 Å². The zero-order valence-corrected chi connectivity index (χ0v) is 17.8. The van der Waals surface area contributed by atoms with Crippen molar-refractivity contribution >= 4 is 33.5 Å². The number of para-hydroxylation sites is 1. The highest BCUT2D eigenvalue weighted by molar-refractivity contribution is 6.28. The second-order valence-corrected chi connectivity index (χ2v) is 8.00. The van der Waals surface area contributed by atoms with E-state index in [0.717, 1.165) is 50.0 Å². The van der Waals surface area contributed by atoms with E-state index in [2.05, 4.69) is 58.5 Å². The maximum Gasteiger partial charge on any atom is 0.223 e. The first kappa shape index (κ1) is 18.8. The predicted octanol–water partition coefficient (Wildman–Crippen LogP) is 8.03. The van der Waals surface area contributed by atoms with Crippen LogP contribution in [-0.4, -0.2) is 9.97 Å². The topological polar surface area (TPSA) is 38.9 Å². The standard InChI is InChI=1S/C28H17ClN2O/c29-28-30-24(20-12-10-19(11-13-20)18-6-2-1-3-7-18)17-25(31-28)21-14-15-27-23(16-21)22-8-4-5-9-26(22)32-27/h1-17H. The van der Waals surface area contributed by atoms with Crippen molar-refractivity contribution in [3.05, 3.63) is 108 Å². The van der Waals surface area contributed by atoms with Gasteiger partial charge < -0.3 is 4.42 Å². The molecule has 0 amide bonds. The van der Waals surface area contributed by atoms with Crippen molar-refractivity contribution in [3.8, 4) is 33.6 Å². The molecule has 4 aromatic carbocycles. The molecule has 0 unspecified atom stereocenters. The van der Waals surface area contributed by atoms with Crippen molar-refractivity contribution in [3.63, 3.8) is 0 Å². The van der Waals surface area contributed by atoms with Gasteiger partial charge in [0, 0.05) is 21.9 Å². The van der Waals surface area contributed by atoms with Crippen molar-refractivity contribution in [1.82, 2.24) is 9.97 Å². The van der Waals surface area contributed by atoms with Crippen molar-refractivity contribution in [2.75, 3.05) is 0 Å². The van der Waals surface area contributed by atoms with Crippen molar-refractivity contribution < 1.29 is 4.42 Å². The molecule has 0 atom stereocenters. The number of rotatable bonds is 3. The summed E-state index contributed by atoms with van der Waals surface area (Å²) >= 11 is 6.33. The molecular formula is C28H17ClN2O.